The van der Waals surface area contributed by atoms with Crippen molar-refractivity contribution in [2.45, 2.75) is 12.8 Å². The summed E-state index contributed by atoms with van der Waals surface area (Å²) < 4.78 is 5.23. The zero-order chi connectivity index (χ0) is 11.9. The molecule has 1 aliphatic heterocycles. The topological polar surface area (TPSA) is 21.3 Å². The molecule has 0 unspecified atom stereocenters. The average Bonchev–Trinajstić information content (AvgIpc) is 2.97. The summed E-state index contributed by atoms with van der Waals surface area (Å²) in [6, 6.07) is 14.2. The van der Waals surface area contributed by atoms with Crippen molar-refractivity contribution in [2.24, 2.45) is 0 Å². The highest BCUT2D eigenvalue weighted by Gasteiger charge is 1.97. The molecule has 2 nitrogen and oxygen atoms in total. The number of fused-ring (bicyclic) bond motifs is 1. The van der Waals surface area contributed by atoms with Gasteiger partial charge in [-0.3, -0.25) is 0 Å². The second-order valence-electron chi connectivity index (χ2n) is 4.14. The summed E-state index contributed by atoms with van der Waals surface area (Å²) in [6.45, 7) is 2.50. The van der Waals surface area contributed by atoms with Gasteiger partial charge in [-0.15, -0.1) is 0 Å². The smallest absolute Gasteiger partial charge is 0.126 e. The summed E-state index contributed by atoms with van der Waals surface area (Å²) in [7, 11) is 1.70. The quantitative estimate of drug-likeness (QED) is 0.810. The summed E-state index contributed by atoms with van der Waals surface area (Å²) in [5, 5.41) is 5.61. The van der Waals surface area contributed by atoms with Crippen LogP contribution >= 0.6 is 0 Å². The van der Waals surface area contributed by atoms with Crippen LogP contribution in [0.15, 0.2) is 42.5 Å². The summed E-state index contributed by atoms with van der Waals surface area (Å²) in [4.78, 5) is 0. The van der Waals surface area contributed by atoms with Gasteiger partial charge in [0.05, 0.1) is 7.11 Å². The lowest BCUT2D eigenvalue weighted by atomic mass is 10.1. The molecule has 1 aliphatic rings. The molecule has 1 N–H and O–H groups in total. The first-order valence-corrected chi connectivity index (χ1v) is 6.14. The third kappa shape index (κ3) is 3.21. The van der Waals surface area contributed by atoms with Gasteiger partial charge in [0, 0.05) is 5.39 Å². The third-order valence-electron chi connectivity index (χ3n) is 2.93. The minimum atomic E-state index is 0.938. The SMILES string of the molecule is C1CCNC1.COc1cccc2ccccc12. The normalized spacial score (nSPS) is 14.2. The van der Waals surface area contributed by atoms with E-state index < -0.39 is 0 Å². The maximum atomic E-state index is 5.23. The average molecular weight is 229 g/mol. The van der Waals surface area contributed by atoms with Crippen LogP contribution in [0.1, 0.15) is 12.8 Å². The molecule has 1 heterocycles. The lowest BCUT2D eigenvalue weighted by Gasteiger charge is -2.03. The lowest BCUT2D eigenvalue weighted by molar-refractivity contribution is 0.420. The Bertz CT molecular complexity index is 450. The molecule has 0 saturated carbocycles. The number of benzene rings is 2. The molecular formula is C15H19NO. The van der Waals surface area contributed by atoms with E-state index in [0.29, 0.717) is 0 Å². The Balaban J connectivity index is 0.000000181. The number of ether oxygens (including phenoxy) is 1. The molecule has 17 heavy (non-hydrogen) atoms. The summed E-state index contributed by atoms with van der Waals surface area (Å²) in [5.74, 6) is 0.938. The van der Waals surface area contributed by atoms with Crippen LogP contribution in [0.25, 0.3) is 10.8 Å². The Kier molecular flexibility index (Phi) is 4.39. The number of hydrogen-bond donors (Lipinski definition) is 1. The fourth-order valence-electron chi connectivity index (χ4n) is 2.00. The molecule has 0 radical (unpaired) electrons. The summed E-state index contributed by atoms with van der Waals surface area (Å²) in [5.41, 5.74) is 0. The first-order chi connectivity index (χ1) is 8.42. The summed E-state index contributed by atoms with van der Waals surface area (Å²) >= 11 is 0. The van der Waals surface area contributed by atoms with E-state index in [-0.39, 0.29) is 0 Å². The van der Waals surface area contributed by atoms with Crippen LogP contribution in [-0.4, -0.2) is 20.2 Å². The van der Waals surface area contributed by atoms with Gasteiger partial charge < -0.3 is 10.1 Å². The van der Waals surface area contributed by atoms with Crippen LogP contribution in [0.4, 0.5) is 0 Å². The van der Waals surface area contributed by atoms with Crippen LogP contribution < -0.4 is 10.1 Å². The Morgan fingerprint density at radius 1 is 0.941 bits per heavy atom. The first kappa shape index (κ1) is 11.9. The Morgan fingerprint density at radius 2 is 1.65 bits per heavy atom. The molecule has 90 valence electrons. The van der Waals surface area contributed by atoms with Gasteiger partial charge in [0.1, 0.15) is 5.75 Å². The van der Waals surface area contributed by atoms with Gasteiger partial charge in [-0.05, 0) is 37.4 Å². The lowest BCUT2D eigenvalue weighted by Crippen LogP contribution is -2.03. The van der Waals surface area contributed by atoms with Crippen molar-refractivity contribution in [1.29, 1.82) is 0 Å². The molecular weight excluding hydrogens is 210 g/mol. The third-order valence-corrected chi connectivity index (χ3v) is 2.93. The highest BCUT2D eigenvalue weighted by Crippen LogP contribution is 2.24. The molecule has 2 heteroatoms. The van der Waals surface area contributed by atoms with E-state index in [0.717, 1.165) is 5.75 Å². The number of rotatable bonds is 1. The molecule has 1 saturated heterocycles. The van der Waals surface area contributed by atoms with Gasteiger partial charge in [0.25, 0.3) is 0 Å². The fraction of sp³-hybridized carbons (Fsp3) is 0.333. The molecule has 0 bridgehead atoms. The maximum Gasteiger partial charge on any atom is 0.126 e. The van der Waals surface area contributed by atoms with Crippen LogP contribution in [0, 0.1) is 0 Å². The zero-order valence-electron chi connectivity index (χ0n) is 10.3. The molecule has 0 spiro atoms. The van der Waals surface area contributed by atoms with Gasteiger partial charge in [-0.1, -0.05) is 36.4 Å². The summed E-state index contributed by atoms with van der Waals surface area (Å²) in [6.07, 6.45) is 2.78. The van der Waals surface area contributed by atoms with Crippen molar-refractivity contribution in [3.05, 3.63) is 42.5 Å². The second-order valence-corrected chi connectivity index (χ2v) is 4.14. The van der Waals surface area contributed by atoms with Crippen LogP contribution in [-0.2, 0) is 0 Å². The Labute approximate surface area is 103 Å². The molecule has 1 fully saturated rings. The second kappa shape index (κ2) is 6.26. The minimum Gasteiger partial charge on any atom is -0.496 e. The molecule has 3 rings (SSSR count). The van der Waals surface area contributed by atoms with E-state index in [1.807, 2.05) is 24.3 Å². The van der Waals surface area contributed by atoms with Crippen molar-refractivity contribution < 1.29 is 4.74 Å². The Hall–Kier alpha value is -1.54. The largest absolute Gasteiger partial charge is 0.496 e. The van der Waals surface area contributed by atoms with E-state index >= 15 is 0 Å². The van der Waals surface area contributed by atoms with Gasteiger partial charge in [-0.25, -0.2) is 0 Å². The van der Waals surface area contributed by atoms with E-state index in [4.69, 9.17) is 4.74 Å². The predicted octanol–water partition coefficient (Wildman–Crippen LogP) is 3.22. The molecule has 0 amide bonds. The Morgan fingerprint density at radius 3 is 2.29 bits per heavy atom. The highest BCUT2D eigenvalue weighted by molar-refractivity contribution is 5.88. The standard InChI is InChI=1S/C11H10O.C4H9N/c1-12-11-8-4-6-9-5-2-3-7-10(9)11;1-2-4-5-3-1/h2-8H,1H3;5H,1-4H2. The zero-order valence-corrected chi connectivity index (χ0v) is 10.3. The van der Waals surface area contributed by atoms with E-state index in [1.54, 1.807) is 7.11 Å². The van der Waals surface area contributed by atoms with Crippen molar-refractivity contribution in [1.82, 2.24) is 5.32 Å². The number of nitrogens with one attached hydrogen (secondary N) is 1. The maximum absolute atomic E-state index is 5.23. The van der Waals surface area contributed by atoms with E-state index in [1.165, 1.54) is 36.7 Å². The molecule has 0 atom stereocenters. The predicted molar refractivity (Wildman–Crippen MR) is 72.6 cm³/mol. The molecule has 0 aromatic heterocycles. The molecule has 2 aromatic carbocycles. The number of hydrogen-bond acceptors (Lipinski definition) is 2. The van der Waals surface area contributed by atoms with Gasteiger partial charge in [0.2, 0.25) is 0 Å². The first-order valence-electron chi connectivity index (χ1n) is 6.14. The number of methoxy groups -OCH3 is 1. The van der Waals surface area contributed by atoms with E-state index in [9.17, 15) is 0 Å². The van der Waals surface area contributed by atoms with Gasteiger partial charge in [-0.2, -0.15) is 0 Å². The van der Waals surface area contributed by atoms with Crippen molar-refractivity contribution >= 4 is 10.8 Å². The van der Waals surface area contributed by atoms with Crippen molar-refractivity contribution in [3.63, 3.8) is 0 Å². The monoisotopic (exact) mass is 229 g/mol. The molecule has 0 aliphatic carbocycles. The molecule has 2 aromatic rings. The van der Waals surface area contributed by atoms with Gasteiger partial charge >= 0.3 is 0 Å². The van der Waals surface area contributed by atoms with Crippen molar-refractivity contribution in [3.8, 4) is 5.75 Å². The van der Waals surface area contributed by atoms with Crippen LogP contribution in [0.5, 0.6) is 5.75 Å². The van der Waals surface area contributed by atoms with Crippen LogP contribution in [0.3, 0.4) is 0 Å². The minimum absolute atomic E-state index is 0.938. The van der Waals surface area contributed by atoms with Gasteiger partial charge in [0.15, 0.2) is 0 Å². The van der Waals surface area contributed by atoms with Crippen molar-refractivity contribution in [2.75, 3.05) is 20.2 Å². The van der Waals surface area contributed by atoms with E-state index in [2.05, 4.69) is 23.5 Å². The fourth-order valence-corrected chi connectivity index (χ4v) is 2.00. The highest BCUT2D eigenvalue weighted by atomic mass is 16.5. The van der Waals surface area contributed by atoms with Crippen LogP contribution in [0.2, 0.25) is 0 Å².